The lowest BCUT2D eigenvalue weighted by atomic mass is 10.1. The van der Waals surface area contributed by atoms with Gasteiger partial charge in [-0.1, -0.05) is 0 Å². The van der Waals surface area contributed by atoms with E-state index in [2.05, 4.69) is 20.5 Å². The predicted octanol–water partition coefficient (Wildman–Crippen LogP) is 2.61. The molecule has 0 aliphatic carbocycles. The molecule has 1 aliphatic heterocycles. The Morgan fingerprint density at radius 2 is 2.04 bits per heavy atom. The number of carboxylic acids is 1. The molecule has 0 saturated carbocycles. The van der Waals surface area contributed by atoms with Crippen molar-refractivity contribution in [1.29, 1.82) is 0 Å². The van der Waals surface area contributed by atoms with Crippen molar-refractivity contribution in [2.24, 2.45) is 0 Å². The van der Waals surface area contributed by atoms with Gasteiger partial charge in [0.05, 0.1) is 31.0 Å². The molecule has 2 N–H and O–H groups in total. The zero-order chi connectivity index (χ0) is 19.1. The summed E-state index contributed by atoms with van der Waals surface area (Å²) in [5.74, 6) is -0.536. The van der Waals surface area contributed by atoms with Gasteiger partial charge in [0, 0.05) is 29.2 Å². The molecule has 9 heteroatoms. The third-order valence-corrected chi connectivity index (χ3v) is 4.66. The van der Waals surface area contributed by atoms with Gasteiger partial charge in [-0.3, -0.25) is 4.68 Å². The molecule has 1 aromatic carbocycles. The molecule has 0 unspecified atom stereocenters. The number of anilines is 2. The Hall–Kier alpha value is -3.72. The van der Waals surface area contributed by atoms with Crippen molar-refractivity contribution in [3.05, 3.63) is 60.6 Å². The molecule has 1 saturated heterocycles. The molecule has 0 spiro atoms. The number of aromatic nitrogens is 5. The number of ether oxygens (including phenoxy) is 1. The van der Waals surface area contributed by atoms with Gasteiger partial charge in [-0.05, 0) is 36.4 Å². The maximum absolute atomic E-state index is 11.0. The molecule has 3 aromatic heterocycles. The van der Waals surface area contributed by atoms with Crippen molar-refractivity contribution in [2.75, 3.05) is 18.5 Å². The molecule has 5 rings (SSSR count). The van der Waals surface area contributed by atoms with Crippen molar-refractivity contribution in [3.8, 4) is 11.1 Å². The monoisotopic (exact) mass is 376 g/mol. The van der Waals surface area contributed by atoms with Crippen molar-refractivity contribution >= 4 is 23.3 Å². The van der Waals surface area contributed by atoms with Gasteiger partial charge in [-0.15, -0.1) is 5.10 Å². The summed E-state index contributed by atoms with van der Waals surface area (Å²) >= 11 is 0. The van der Waals surface area contributed by atoms with Gasteiger partial charge >= 0.3 is 5.97 Å². The van der Waals surface area contributed by atoms with Crippen LogP contribution in [0.15, 0.2) is 55.0 Å². The van der Waals surface area contributed by atoms with Crippen LogP contribution in [0, 0.1) is 0 Å². The molecule has 0 bridgehead atoms. The van der Waals surface area contributed by atoms with Crippen LogP contribution in [-0.2, 0) is 4.74 Å². The number of hydrogen-bond donors (Lipinski definition) is 2. The highest BCUT2D eigenvalue weighted by molar-refractivity contribution is 5.88. The van der Waals surface area contributed by atoms with Crippen LogP contribution in [0.5, 0.6) is 0 Å². The van der Waals surface area contributed by atoms with E-state index in [9.17, 15) is 4.79 Å². The third-order valence-electron chi connectivity index (χ3n) is 4.66. The second kappa shape index (κ2) is 6.46. The fourth-order valence-electron chi connectivity index (χ4n) is 3.06. The lowest BCUT2D eigenvalue weighted by Crippen LogP contribution is -2.30. The number of benzene rings is 1. The first-order valence-electron chi connectivity index (χ1n) is 8.75. The summed E-state index contributed by atoms with van der Waals surface area (Å²) < 4.78 is 8.85. The highest BCUT2D eigenvalue weighted by atomic mass is 16.5. The Morgan fingerprint density at radius 1 is 1.21 bits per heavy atom. The minimum absolute atomic E-state index is 0.227. The number of aromatic carboxylic acids is 1. The minimum Gasteiger partial charge on any atom is -0.478 e. The van der Waals surface area contributed by atoms with Crippen LogP contribution in [0.4, 0.5) is 11.6 Å². The van der Waals surface area contributed by atoms with E-state index in [0.29, 0.717) is 30.5 Å². The van der Waals surface area contributed by atoms with Gasteiger partial charge in [0.2, 0.25) is 5.95 Å². The zero-order valence-corrected chi connectivity index (χ0v) is 14.7. The minimum atomic E-state index is -0.962. The average Bonchev–Trinajstić information content (AvgIpc) is 3.27. The molecule has 9 nitrogen and oxygen atoms in total. The first kappa shape index (κ1) is 16.5. The SMILES string of the molecule is O=C(O)c1ccc(Nc2nc3c(-c4cnn(C5COC5)c4)cccn3n2)cc1. The van der Waals surface area contributed by atoms with E-state index in [-0.39, 0.29) is 11.6 Å². The molecule has 1 aliphatic rings. The smallest absolute Gasteiger partial charge is 0.335 e. The number of rotatable bonds is 5. The maximum atomic E-state index is 11.0. The Balaban J connectivity index is 1.45. The number of nitrogens with one attached hydrogen (secondary N) is 1. The molecular formula is C19H16N6O3. The Labute approximate surface area is 159 Å². The van der Waals surface area contributed by atoms with Crippen LogP contribution in [0.1, 0.15) is 16.4 Å². The third kappa shape index (κ3) is 2.87. The quantitative estimate of drug-likeness (QED) is 0.551. The van der Waals surface area contributed by atoms with Crippen LogP contribution in [0.25, 0.3) is 16.8 Å². The molecule has 140 valence electrons. The summed E-state index contributed by atoms with van der Waals surface area (Å²) in [5, 5.41) is 21.0. The molecule has 4 aromatic rings. The van der Waals surface area contributed by atoms with Crippen molar-refractivity contribution in [3.63, 3.8) is 0 Å². The van der Waals surface area contributed by atoms with E-state index >= 15 is 0 Å². The summed E-state index contributed by atoms with van der Waals surface area (Å²) in [6, 6.07) is 10.6. The van der Waals surface area contributed by atoms with E-state index in [4.69, 9.17) is 9.84 Å². The van der Waals surface area contributed by atoms with Gasteiger partial charge in [-0.25, -0.2) is 9.31 Å². The first-order valence-corrected chi connectivity index (χ1v) is 8.75. The normalized spacial score (nSPS) is 14.1. The van der Waals surface area contributed by atoms with Crippen molar-refractivity contribution in [2.45, 2.75) is 6.04 Å². The maximum Gasteiger partial charge on any atom is 0.335 e. The number of hydrogen-bond acceptors (Lipinski definition) is 6. The molecule has 0 atom stereocenters. The average molecular weight is 376 g/mol. The summed E-state index contributed by atoms with van der Waals surface area (Å²) in [7, 11) is 0. The van der Waals surface area contributed by atoms with Crippen LogP contribution >= 0.6 is 0 Å². The van der Waals surface area contributed by atoms with Gasteiger partial charge in [0.25, 0.3) is 0 Å². The largest absolute Gasteiger partial charge is 0.478 e. The summed E-state index contributed by atoms with van der Waals surface area (Å²) in [6.07, 6.45) is 5.64. The van der Waals surface area contributed by atoms with E-state index in [1.165, 1.54) is 12.1 Å². The van der Waals surface area contributed by atoms with Crippen LogP contribution in [0.3, 0.4) is 0 Å². The first-order chi connectivity index (χ1) is 13.7. The number of carbonyl (C=O) groups is 1. The van der Waals surface area contributed by atoms with Crippen LogP contribution in [-0.4, -0.2) is 48.7 Å². The van der Waals surface area contributed by atoms with Gasteiger partial charge in [0.1, 0.15) is 0 Å². The topological polar surface area (TPSA) is 107 Å². The predicted molar refractivity (Wildman–Crippen MR) is 101 cm³/mol. The molecule has 28 heavy (non-hydrogen) atoms. The van der Waals surface area contributed by atoms with E-state index in [1.54, 1.807) is 16.6 Å². The number of pyridine rings is 1. The zero-order valence-electron chi connectivity index (χ0n) is 14.7. The molecule has 0 radical (unpaired) electrons. The van der Waals surface area contributed by atoms with Gasteiger partial charge < -0.3 is 15.2 Å². The molecular weight excluding hydrogens is 360 g/mol. The second-order valence-electron chi connectivity index (χ2n) is 6.53. The number of nitrogens with zero attached hydrogens (tertiary/aromatic N) is 5. The standard InChI is InChI=1S/C19H16N6O3/c26-18(27)12-3-5-14(6-4-12)21-19-22-17-16(2-1-7-24(17)23-19)13-8-20-25(9-13)15-10-28-11-15/h1-9,15H,10-11H2,(H,21,23)(H,26,27). The highest BCUT2D eigenvalue weighted by Gasteiger charge is 2.22. The van der Waals surface area contributed by atoms with Crippen molar-refractivity contribution < 1.29 is 14.6 Å². The lowest BCUT2D eigenvalue weighted by Gasteiger charge is -2.25. The molecule has 4 heterocycles. The highest BCUT2D eigenvalue weighted by Crippen LogP contribution is 2.26. The summed E-state index contributed by atoms with van der Waals surface area (Å²) in [5.41, 5.74) is 3.53. The Bertz CT molecular complexity index is 1160. The van der Waals surface area contributed by atoms with Crippen LogP contribution < -0.4 is 5.32 Å². The fraction of sp³-hybridized carbons (Fsp3) is 0.158. The second-order valence-corrected chi connectivity index (χ2v) is 6.53. The molecule has 0 amide bonds. The number of fused-ring (bicyclic) bond motifs is 1. The van der Waals surface area contributed by atoms with Gasteiger partial charge in [0.15, 0.2) is 5.65 Å². The van der Waals surface area contributed by atoms with Crippen LogP contribution in [0.2, 0.25) is 0 Å². The summed E-state index contributed by atoms with van der Waals surface area (Å²) in [6.45, 7) is 1.37. The fourth-order valence-corrected chi connectivity index (χ4v) is 3.06. The number of carboxylic acid groups (broad SMARTS) is 1. The van der Waals surface area contributed by atoms with E-state index in [0.717, 1.165) is 11.1 Å². The van der Waals surface area contributed by atoms with Crippen molar-refractivity contribution in [1.82, 2.24) is 24.4 Å². The van der Waals surface area contributed by atoms with Gasteiger partial charge in [-0.2, -0.15) is 10.1 Å². The summed E-state index contributed by atoms with van der Waals surface area (Å²) in [4.78, 5) is 15.6. The Morgan fingerprint density at radius 3 is 2.75 bits per heavy atom. The lowest BCUT2D eigenvalue weighted by molar-refractivity contribution is -0.0286. The Kier molecular flexibility index (Phi) is 3.80. The van der Waals surface area contributed by atoms with E-state index in [1.807, 2.05) is 35.4 Å². The van der Waals surface area contributed by atoms with E-state index < -0.39 is 5.97 Å². The molecule has 1 fully saturated rings.